The molecule has 0 amide bonds. The predicted octanol–water partition coefficient (Wildman–Crippen LogP) is 3.29. The van der Waals surface area contributed by atoms with E-state index in [2.05, 4.69) is 47.1 Å². The Hall–Kier alpha value is -1.49. The second-order valence-corrected chi connectivity index (χ2v) is 6.24. The van der Waals surface area contributed by atoms with Crippen molar-refractivity contribution in [2.45, 2.75) is 46.6 Å². The minimum absolute atomic E-state index is 0.351. The summed E-state index contributed by atoms with van der Waals surface area (Å²) in [5.74, 6) is 1.41. The zero-order chi connectivity index (χ0) is 13.8. The summed E-state index contributed by atoms with van der Waals surface area (Å²) in [5, 5.41) is 3.32. The van der Waals surface area contributed by atoms with Crippen LogP contribution in [0.5, 0.6) is 0 Å². The van der Waals surface area contributed by atoms with Crippen LogP contribution in [0.3, 0.4) is 0 Å². The van der Waals surface area contributed by atoms with Gasteiger partial charge in [-0.1, -0.05) is 0 Å². The Labute approximate surface area is 118 Å². The van der Waals surface area contributed by atoms with Crippen molar-refractivity contribution in [1.82, 2.24) is 15.0 Å². The SMILES string of the molecule is Cc1ncnc(NC(C)CCc2sc(C)cc2C)n1. The highest BCUT2D eigenvalue weighted by molar-refractivity contribution is 7.12. The molecule has 0 aliphatic carbocycles. The van der Waals surface area contributed by atoms with Crippen molar-refractivity contribution < 1.29 is 0 Å². The third kappa shape index (κ3) is 3.99. The molecule has 102 valence electrons. The van der Waals surface area contributed by atoms with Gasteiger partial charge in [0.15, 0.2) is 0 Å². The van der Waals surface area contributed by atoms with Gasteiger partial charge in [0.25, 0.3) is 0 Å². The van der Waals surface area contributed by atoms with Crippen molar-refractivity contribution in [2.75, 3.05) is 5.32 Å². The molecule has 0 saturated carbocycles. The summed E-state index contributed by atoms with van der Waals surface area (Å²) < 4.78 is 0. The van der Waals surface area contributed by atoms with Gasteiger partial charge in [0.05, 0.1) is 0 Å². The van der Waals surface area contributed by atoms with E-state index in [4.69, 9.17) is 0 Å². The fourth-order valence-corrected chi connectivity index (χ4v) is 3.09. The van der Waals surface area contributed by atoms with Gasteiger partial charge in [0.2, 0.25) is 5.95 Å². The first kappa shape index (κ1) is 13.9. The molecule has 0 spiro atoms. The average molecular weight is 276 g/mol. The molecule has 19 heavy (non-hydrogen) atoms. The minimum atomic E-state index is 0.351. The van der Waals surface area contributed by atoms with Crippen LogP contribution in [0, 0.1) is 20.8 Å². The zero-order valence-electron chi connectivity index (χ0n) is 11.9. The van der Waals surface area contributed by atoms with Gasteiger partial charge in [-0.15, -0.1) is 11.3 Å². The second kappa shape index (κ2) is 6.10. The number of aromatic nitrogens is 3. The third-order valence-corrected chi connectivity index (χ3v) is 4.23. The molecular formula is C14H20N4S. The van der Waals surface area contributed by atoms with E-state index >= 15 is 0 Å². The molecule has 0 aromatic carbocycles. The van der Waals surface area contributed by atoms with E-state index in [0.29, 0.717) is 12.0 Å². The van der Waals surface area contributed by atoms with E-state index in [0.717, 1.165) is 18.7 Å². The zero-order valence-corrected chi connectivity index (χ0v) is 12.7. The van der Waals surface area contributed by atoms with Crippen molar-refractivity contribution in [3.8, 4) is 0 Å². The molecule has 0 bridgehead atoms. The molecule has 4 nitrogen and oxygen atoms in total. The Morgan fingerprint density at radius 2 is 2.05 bits per heavy atom. The van der Waals surface area contributed by atoms with E-state index in [1.165, 1.54) is 15.3 Å². The van der Waals surface area contributed by atoms with Crippen molar-refractivity contribution in [3.05, 3.63) is 33.5 Å². The standard InChI is InChI=1S/C14H20N4S/c1-9-7-11(3)19-13(9)6-5-10(2)17-14-16-8-15-12(4)18-14/h7-8,10H,5-6H2,1-4H3,(H,15,16,17,18). The smallest absolute Gasteiger partial charge is 0.226 e. The quantitative estimate of drug-likeness (QED) is 0.910. The predicted molar refractivity (Wildman–Crippen MR) is 79.8 cm³/mol. The largest absolute Gasteiger partial charge is 0.352 e. The van der Waals surface area contributed by atoms with Crippen LogP contribution in [0.25, 0.3) is 0 Å². The van der Waals surface area contributed by atoms with Crippen LogP contribution in [0.4, 0.5) is 5.95 Å². The maximum atomic E-state index is 4.26. The summed E-state index contributed by atoms with van der Waals surface area (Å²) in [6.45, 7) is 8.38. The topological polar surface area (TPSA) is 50.7 Å². The second-order valence-electron chi connectivity index (χ2n) is 4.90. The maximum absolute atomic E-state index is 4.26. The van der Waals surface area contributed by atoms with Crippen LogP contribution in [0.1, 0.15) is 34.5 Å². The number of nitrogens with one attached hydrogen (secondary N) is 1. The maximum Gasteiger partial charge on any atom is 0.226 e. The molecule has 1 atom stereocenters. The van der Waals surface area contributed by atoms with Gasteiger partial charge in [-0.3, -0.25) is 0 Å². The van der Waals surface area contributed by atoms with Gasteiger partial charge in [-0.25, -0.2) is 9.97 Å². The number of anilines is 1. The molecular weight excluding hydrogens is 256 g/mol. The lowest BCUT2D eigenvalue weighted by Gasteiger charge is -2.13. The van der Waals surface area contributed by atoms with Crippen LogP contribution in [0.15, 0.2) is 12.4 Å². The monoisotopic (exact) mass is 276 g/mol. The van der Waals surface area contributed by atoms with Crippen LogP contribution in [-0.2, 0) is 6.42 Å². The summed E-state index contributed by atoms with van der Waals surface area (Å²) in [6.07, 6.45) is 3.72. The highest BCUT2D eigenvalue weighted by atomic mass is 32.1. The Kier molecular flexibility index (Phi) is 4.47. The van der Waals surface area contributed by atoms with E-state index in [1.54, 1.807) is 6.33 Å². The molecule has 1 unspecified atom stereocenters. The number of hydrogen-bond acceptors (Lipinski definition) is 5. The third-order valence-electron chi connectivity index (χ3n) is 3.02. The molecule has 2 aromatic rings. The highest BCUT2D eigenvalue weighted by Gasteiger charge is 2.08. The summed E-state index contributed by atoms with van der Waals surface area (Å²) in [6, 6.07) is 2.61. The molecule has 2 rings (SSSR count). The first-order valence-electron chi connectivity index (χ1n) is 6.52. The first-order chi connectivity index (χ1) is 9.04. The van der Waals surface area contributed by atoms with Crippen LogP contribution >= 0.6 is 11.3 Å². The Balaban J connectivity index is 1.88. The van der Waals surface area contributed by atoms with Crippen LogP contribution in [0.2, 0.25) is 0 Å². The lowest BCUT2D eigenvalue weighted by molar-refractivity contribution is 0.700. The number of aryl methyl sites for hydroxylation is 4. The summed E-state index contributed by atoms with van der Waals surface area (Å²) >= 11 is 1.90. The highest BCUT2D eigenvalue weighted by Crippen LogP contribution is 2.23. The Bertz CT molecular complexity index is 550. The van der Waals surface area contributed by atoms with E-state index in [9.17, 15) is 0 Å². The number of nitrogens with zero attached hydrogens (tertiary/aromatic N) is 3. The van der Waals surface area contributed by atoms with Crippen molar-refractivity contribution >= 4 is 17.3 Å². The van der Waals surface area contributed by atoms with Gasteiger partial charge >= 0.3 is 0 Å². The van der Waals surface area contributed by atoms with Gasteiger partial charge in [0, 0.05) is 15.8 Å². The average Bonchev–Trinajstić information content (AvgIpc) is 2.65. The first-order valence-corrected chi connectivity index (χ1v) is 7.34. The number of rotatable bonds is 5. The van der Waals surface area contributed by atoms with E-state index < -0.39 is 0 Å². The van der Waals surface area contributed by atoms with E-state index in [1.807, 2.05) is 18.3 Å². The normalized spacial score (nSPS) is 12.4. The molecule has 0 saturated heterocycles. The van der Waals surface area contributed by atoms with Gasteiger partial charge in [0.1, 0.15) is 12.2 Å². The lowest BCUT2D eigenvalue weighted by atomic mass is 10.1. The van der Waals surface area contributed by atoms with Crippen LogP contribution in [-0.4, -0.2) is 21.0 Å². The van der Waals surface area contributed by atoms with Gasteiger partial charge < -0.3 is 5.32 Å². The van der Waals surface area contributed by atoms with Crippen molar-refractivity contribution in [1.29, 1.82) is 0 Å². The Morgan fingerprint density at radius 1 is 1.26 bits per heavy atom. The molecule has 0 aliphatic rings. The molecule has 2 aromatic heterocycles. The molecule has 0 radical (unpaired) electrons. The minimum Gasteiger partial charge on any atom is -0.352 e. The van der Waals surface area contributed by atoms with Crippen molar-refractivity contribution in [2.24, 2.45) is 0 Å². The molecule has 0 fully saturated rings. The summed E-state index contributed by atoms with van der Waals surface area (Å²) in [4.78, 5) is 15.3. The lowest BCUT2D eigenvalue weighted by Crippen LogP contribution is -2.18. The molecule has 0 aliphatic heterocycles. The van der Waals surface area contributed by atoms with Gasteiger partial charge in [-0.2, -0.15) is 4.98 Å². The van der Waals surface area contributed by atoms with Crippen molar-refractivity contribution in [3.63, 3.8) is 0 Å². The molecule has 2 heterocycles. The fourth-order valence-electron chi connectivity index (χ4n) is 2.03. The van der Waals surface area contributed by atoms with Gasteiger partial charge in [-0.05, 0) is 52.2 Å². The molecule has 1 N–H and O–H groups in total. The summed E-state index contributed by atoms with van der Waals surface area (Å²) in [5.41, 5.74) is 1.41. The number of thiophene rings is 1. The van der Waals surface area contributed by atoms with E-state index in [-0.39, 0.29) is 0 Å². The summed E-state index contributed by atoms with van der Waals surface area (Å²) in [7, 11) is 0. The Morgan fingerprint density at radius 3 is 2.68 bits per heavy atom. The van der Waals surface area contributed by atoms with Crippen LogP contribution < -0.4 is 5.32 Å². The molecule has 5 heteroatoms. The number of hydrogen-bond donors (Lipinski definition) is 1. The fraction of sp³-hybridized carbons (Fsp3) is 0.500.